The van der Waals surface area contributed by atoms with Gasteiger partial charge in [0.05, 0.1) is 0 Å². The predicted molar refractivity (Wildman–Crippen MR) is 87.6 cm³/mol. The monoisotopic (exact) mass is 276 g/mol. The predicted octanol–water partition coefficient (Wildman–Crippen LogP) is 6.16. The lowest BCUT2D eigenvalue weighted by atomic mass is 9.53. The molecule has 0 nitrogen and oxygen atoms in total. The highest BCUT2D eigenvalue weighted by Crippen LogP contribution is 2.88. The lowest BCUT2D eigenvalue weighted by Crippen LogP contribution is -2.44. The van der Waals surface area contributed by atoms with Gasteiger partial charge in [0.25, 0.3) is 0 Å². The van der Waals surface area contributed by atoms with Crippen LogP contribution >= 0.6 is 0 Å². The van der Waals surface area contributed by atoms with Gasteiger partial charge in [-0.3, -0.25) is 0 Å². The van der Waals surface area contributed by atoms with Crippen molar-refractivity contribution in [2.75, 3.05) is 0 Å². The third-order valence-corrected chi connectivity index (χ3v) is 10.8. The molecule has 0 aromatic rings. The summed E-state index contributed by atoms with van der Waals surface area (Å²) in [6, 6.07) is 0. The van der Waals surface area contributed by atoms with E-state index in [0.29, 0.717) is 32.5 Å². The molecule has 4 saturated carbocycles. The maximum atomic E-state index is 2.64. The van der Waals surface area contributed by atoms with Crippen LogP contribution in [0.5, 0.6) is 0 Å². The van der Waals surface area contributed by atoms with Gasteiger partial charge in [0.15, 0.2) is 0 Å². The second-order valence-electron chi connectivity index (χ2n) is 10.8. The Bertz CT molecular complexity index is 464. The fraction of sp³-hybridized carbons (Fsp3) is 1.00. The van der Waals surface area contributed by atoms with Gasteiger partial charge in [-0.1, -0.05) is 69.2 Å². The van der Waals surface area contributed by atoms with E-state index in [1.807, 2.05) is 0 Å². The Kier molecular flexibility index (Phi) is 2.37. The number of hydrogen-bond acceptors (Lipinski definition) is 0. The van der Waals surface area contributed by atoms with Crippen molar-refractivity contribution < 1.29 is 0 Å². The SMILES string of the molecule is CC1C2(C)CC3(C)C1(C)C(C)C(C)(CC2(C)C)C3(C)C. The van der Waals surface area contributed by atoms with Crippen LogP contribution in [0.1, 0.15) is 82.1 Å². The second-order valence-corrected chi connectivity index (χ2v) is 10.8. The van der Waals surface area contributed by atoms with Crippen LogP contribution in [-0.4, -0.2) is 0 Å². The quantitative estimate of drug-likeness (QED) is 0.497. The molecule has 0 radical (unpaired) electrons. The normalized spacial score (nSPS) is 62.7. The summed E-state index contributed by atoms with van der Waals surface area (Å²) in [4.78, 5) is 0. The average Bonchev–Trinajstić information content (AvgIpc) is 2.49. The molecule has 0 saturated heterocycles. The summed E-state index contributed by atoms with van der Waals surface area (Å²) in [5, 5.41) is 0. The van der Waals surface area contributed by atoms with E-state index in [9.17, 15) is 0 Å². The first-order valence-electron chi connectivity index (χ1n) is 8.72. The molecule has 4 rings (SSSR count). The molecular weight excluding hydrogens is 240 g/mol. The summed E-state index contributed by atoms with van der Waals surface area (Å²) in [5.74, 6) is 1.63. The molecular formula is C20H36. The molecule has 0 heteroatoms. The standard InChI is InChI=1S/C20H36/c1-13-17(7)12-19(9)16(5,6)18(8,11-15(17,3)4)14(2)20(13,19)10/h13-14H,11-12H2,1-10H3. The summed E-state index contributed by atoms with van der Waals surface area (Å²) >= 11 is 0. The van der Waals surface area contributed by atoms with Crippen LogP contribution in [0.3, 0.4) is 0 Å². The minimum Gasteiger partial charge on any atom is -0.0614 e. The first-order chi connectivity index (χ1) is 8.72. The Morgan fingerprint density at radius 1 is 0.650 bits per heavy atom. The Hall–Kier alpha value is 0. The van der Waals surface area contributed by atoms with E-state index >= 15 is 0 Å². The van der Waals surface area contributed by atoms with Gasteiger partial charge in [0.1, 0.15) is 0 Å². The molecule has 4 aliphatic carbocycles. The lowest BCUT2D eigenvalue weighted by Gasteiger charge is -2.51. The summed E-state index contributed by atoms with van der Waals surface area (Å²) in [7, 11) is 0. The van der Waals surface area contributed by atoms with Crippen molar-refractivity contribution in [1.82, 2.24) is 0 Å². The van der Waals surface area contributed by atoms with Crippen LogP contribution in [0.15, 0.2) is 0 Å². The summed E-state index contributed by atoms with van der Waals surface area (Å²) in [6.07, 6.45) is 2.80. The largest absolute Gasteiger partial charge is 0.0614 e. The Morgan fingerprint density at radius 2 is 1.10 bits per heavy atom. The second kappa shape index (κ2) is 3.18. The first-order valence-corrected chi connectivity index (χ1v) is 8.72. The molecule has 4 fully saturated rings. The zero-order valence-corrected chi connectivity index (χ0v) is 15.6. The third kappa shape index (κ3) is 1.00. The fourth-order valence-corrected chi connectivity index (χ4v) is 8.12. The molecule has 20 heavy (non-hydrogen) atoms. The van der Waals surface area contributed by atoms with Crippen molar-refractivity contribution in [3.8, 4) is 0 Å². The van der Waals surface area contributed by atoms with E-state index in [2.05, 4.69) is 69.2 Å². The van der Waals surface area contributed by atoms with Crippen molar-refractivity contribution in [3.63, 3.8) is 0 Å². The Labute approximate surface area is 127 Å². The highest BCUT2D eigenvalue weighted by atomic mass is 14.9. The average molecular weight is 277 g/mol. The minimum atomic E-state index is 0.425. The van der Waals surface area contributed by atoms with Crippen molar-refractivity contribution in [3.05, 3.63) is 0 Å². The van der Waals surface area contributed by atoms with E-state index in [0.717, 1.165) is 11.8 Å². The number of fused-ring (bicyclic) bond motifs is 1. The third-order valence-electron chi connectivity index (χ3n) is 10.8. The lowest BCUT2D eigenvalue weighted by molar-refractivity contribution is -0.0280. The summed E-state index contributed by atoms with van der Waals surface area (Å²) < 4.78 is 0. The number of hydrogen-bond donors (Lipinski definition) is 0. The van der Waals surface area contributed by atoms with Gasteiger partial charge in [-0.15, -0.1) is 0 Å². The molecule has 6 unspecified atom stereocenters. The van der Waals surface area contributed by atoms with Crippen LogP contribution in [0, 0.1) is 44.3 Å². The van der Waals surface area contributed by atoms with Gasteiger partial charge >= 0.3 is 0 Å². The topological polar surface area (TPSA) is 0 Å². The van der Waals surface area contributed by atoms with E-state index in [4.69, 9.17) is 0 Å². The van der Waals surface area contributed by atoms with E-state index < -0.39 is 0 Å². The van der Waals surface area contributed by atoms with Crippen molar-refractivity contribution in [2.24, 2.45) is 44.3 Å². The molecule has 0 spiro atoms. The fourth-order valence-electron chi connectivity index (χ4n) is 8.12. The van der Waals surface area contributed by atoms with Gasteiger partial charge in [-0.25, -0.2) is 0 Å². The molecule has 0 aromatic carbocycles. The van der Waals surface area contributed by atoms with Gasteiger partial charge in [-0.05, 0) is 57.2 Å². The van der Waals surface area contributed by atoms with E-state index in [1.54, 1.807) is 0 Å². The Morgan fingerprint density at radius 3 is 1.55 bits per heavy atom. The highest BCUT2D eigenvalue weighted by Gasteiger charge is 2.82. The van der Waals surface area contributed by atoms with Gasteiger partial charge in [-0.2, -0.15) is 0 Å². The van der Waals surface area contributed by atoms with E-state index in [-0.39, 0.29) is 0 Å². The van der Waals surface area contributed by atoms with Crippen LogP contribution in [0.25, 0.3) is 0 Å². The molecule has 4 aliphatic rings. The van der Waals surface area contributed by atoms with Crippen molar-refractivity contribution >= 4 is 0 Å². The van der Waals surface area contributed by atoms with E-state index in [1.165, 1.54) is 12.8 Å². The maximum Gasteiger partial charge on any atom is -0.0204 e. The highest BCUT2D eigenvalue weighted by molar-refractivity contribution is 5.30. The summed E-state index contributed by atoms with van der Waals surface area (Å²) in [6.45, 7) is 26.0. The summed E-state index contributed by atoms with van der Waals surface area (Å²) in [5.41, 5.74) is 2.76. The zero-order chi connectivity index (χ0) is 15.6. The Balaban J connectivity index is 2.41. The smallest absolute Gasteiger partial charge is 0.0204 e. The first kappa shape index (κ1) is 14.9. The maximum absolute atomic E-state index is 2.64. The molecule has 0 aromatic heterocycles. The molecule has 116 valence electrons. The molecule has 0 heterocycles. The van der Waals surface area contributed by atoms with Crippen LogP contribution < -0.4 is 0 Å². The molecule has 6 atom stereocenters. The molecule has 4 bridgehead atoms. The van der Waals surface area contributed by atoms with Gasteiger partial charge < -0.3 is 0 Å². The van der Waals surface area contributed by atoms with Crippen LogP contribution in [-0.2, 0) is 0 Å². The van der Waals surface area contributed by atoms with Crippen LogP contribution in [0.2, 0.25) is 0 Å². The van der Waals surface area contributed by atoms with Gasteiger partial charge in [0, 0.05) is 0 Å². The number of rotatable bonds is 0. The zero-order valence-electron chi connectivity index (χ0n) is 15.6. The van der Waals surface area contributed by atoms with Crippen molar-refractivity contribution in [2.45, 2.75) is 82.1 Å². The molecule has 0 aliphatic heterocycles. The molecule has 0 N–H and O–H groups in total. The van der Waals surface area contributed by atoms with Crippen molar-refractivity contribution in [1.29, 1.82) is 0 Å². The van der Waals surface area contributed by atoms with Gasteiger partial charge in [0.2, 0.25) is 0 Å². The minimum absolute atomic E-state index is 0.425. The van der Waals surface area contributed by atoms with Crippen LogP contribution in [0.4, 0.5) is 0 Å². The molecule has 0 amide bonds.